The fourth-order valence-corrected chi connectivity index (χ4v) is 3.76. The normalized spacial score (nSPS) is 11.2. The molecule has 29 heavy (non-hydrogen) atoms. The van der Waals surface area contributed by atoms with E-state index in [2.05, 4.69) is 10.2 Å². The summed E-state index contributed by atoms with van der Waals surface area (Å²) in [6.07, 6.45) is 0. The Kier molecular flexibility index (Phi) is 4.66. The molecule has 3 heterocycles. The molecule has 0 radical (unpaired) electrons. The Morgan fingerprint density at radius 1 is 1.07 bits per heavy atom. The van der Waals surface area contributed by atoms with Crippen LogP contribution in [0.3, 0.4) is 0 Å². The SMILES string of the molecule is COC(=O)c1cc(-c2c(C)nn(C)c2C)nc2c1c(C)nn2Cc1ccccc1. The van der Waals surface area contributed by atoms with Crippen molar-refractivity contribution in [2.45, 2.75) is 27.3 Å². The lowest BCUT2D eigenvalue weighted by atomic mass is 10.0. The molecule has 0 amide bonds. The predicted molar refractivity (Wildman–Crippen MR) is 111 cm³/mol. The minimum atomic E-state index is -0.403. The van der Waals surface area contributed by atoms with Crippen molar-refractivity contribution < 1.29 is 9.53 Å². The van der Waals surface area contributed by atoms with E-state index in [9.17, 15) is 4.79 Å². The summed E-state index contributed by atoms with van der Waals surface area (Å²) < 4.78 is 8.72. The maximum Gasteiger partial charge on any atom is 0.338 e. The summed E-state index contributed by atoms with van der Waals surface area (Å²) in [6.45, 7) is 6.38. The average molecular weight is 389 g/mol. The molecular weight excluding hydrogens is 366 g/mol. The number of fused-ring (bicyclic) bond motifs is 1. The Hall–Kier alpha value is -3.48. The second-order valence-electron chi connectivity index (χ2n) is 7.14. The summed E-state index contributed by atoms with van der Waals surface area (Å²) in [6, 6.07) is 11.8. The van der Waals surface area contributed by atoms with Crippen LogP contribution in [0.4, 0.5) is 0 Å². The highest BCUT2D eigenvalue weighted by atomic mass is 16.5. The number of hydrogen-bond donors (Lipinski definition) is 0. The largest absolute Gasteiger partial charge is 0.465 e. The van der Waals surface area contributed by atoms with Gasteiger partial charge in [-0.3, -0.25) is 4.68 Å². The van der Waals surface area contributed by atoms with Gasteiger partial charge in [0.05, 0.1) is 41.7 Å². The number of carbonyl (C=O) groups excluding carboxylic acids is 1. The Morgan fingerprint density at radius 2 is 1.79 bits per heavy atom. The average Bonchev–Trinajstić information content (AvgIpc) is 3.16. The van der Waals surface area contributed by atoms with Crippen molar-refractivity contribution in [1.29, 1.82) is 0 Å². The van der Waals surface area contributed by atoms with Gasteiger partial charge in [-0.25, -0.2) is 14.5 Å². The predicted octanol–water partition coefficient (Wildman–Crippen LogP) is 3.59. The van der Waals surface area contributed by atoms with E-state index in [1.54, 1.807) is 6.07 Å². The van der Waals surface area contributed by atoms with E-state index in [4.69, 9.17) is 9.72 Å². The zero-order chi connectivity index (χ0) is 20.7. The zero-order valence-corrected chi connectivity index (χ0v) is 17.2. The topological polar surface area (TPSA) is 74.8 Å². The van der Waals surface area contributed by atoms with Gasteiger partial charge in [-0.1, -0.05) is 30.3 Å². The molecule has 7 heteroatoms. The molecule has 7 nitrogen and oxygen atoms in total. The van der Waals surface area contributed by atoms with E-state index in [0.717, 1.165) is 33.6 Å². The summed E-state index contributed by atoms with van der Waals surface area (Å²) in [4.78, 5) is 17.5. The molecule has 0 saturated heterocycles. The van der Waals surface area contributed by atoms with Crippen molar-refractivity contribution in [1.82, 2.24) is 24.5 Å². The van der Waals surface area contributed by atoms with E-state index >= 15 is 0 Å². The number of methoxy groups -OCH3 is 1. The number of esters is 1. The highest BCUT2D eigenvalue weighted by Gasteiger charge is 2.23. The Morgan fingerprint density at radius 3 is 2.41 bits per heavy atom. The van der Waals surface area contributed by atoms with E-state index in [0.29, 0.717) is 23.4 Å². The summed E-state index contributed by atoms with van der Waals surface area (Å²) in [7, 11) is 3.29. The minimum Gasteiger partial charge on any atom is -0.465 e. The highest BCUT2D eigenvalue weighted by molar-refractivity contribution is 6.05. The lowest BCUT2D eigenvalue weighted by molar-refractivity contribution is 0.0603. The van der Waals surface area contributed by atoms with E-state index in [1.165, 1.54) is 7.11 Å². The first-order valence-electron chi connectivity index (χ1n) is 9.41. The molecule has 0 aliphatic heterocycles. The molecule has 0 bridgehead atoms. The number of hydrogen-bond acceptors (Lipinski definition) is 5. The van der Waals surface area contributed by atoms with Crippen molar-refractivity contribution in [3.05, 3.63) is 64.6 Å². The number of aromatic nitrogens is 5. The molecule has 1 aromatic carbocycles. The second kappa shape index (κ2) is 7.16. The van der Waals surface area contributed by atoms with Gasteiger partial charge in [-0.15, -0.1) is 0 Å². The number of carbonyl (C=O) groups is 1. The molecule has 0 unspecified atom stereocenters. The summed E-state index contributed by atoms with van der Waals surface area (Å²) >= 11 is 0. The van der Waals surface area contributed by atoms with Crippen LogP contribution in [0.1, 0.15) is 33.0 Å². The zero-order valence-electron chi connectivity index (χ0n) is 17.2. The molecule has 0 aliphatic carbocycles. The number of benzene rings is 1. The summed E-state index contributed by atoms with van der Waals surface area (Å²) in [5, 5.41) is 9.89. The van der Waals surface area contributed by atoms with Crippen LogP contribution in [0.15, 0.2) is 36.4 Å². The first-order valence-corrected chi connectivity index (χ1v) is 9.41. The van der Waals surface area contributed by atoms with Gasteiger partial charge in [-0.05, 0) is 32.4 Å². The quantitative estimate of drug-likeness (QED) is 0.499. The molecule has 0 aliphatic rings. The maximum atomic E-state index is 12.6. The van der Waals surface area contributed by atoms with Crippen LogP contribution in [0.2, 0.25) is 0 Å². The Labute approximate surface area is 168 Å². The summed E-state index contributed by atoms with van der Waals surface area (Å²) in [5.41, 5.74) is 6.43. The molecule has 0 saturated carbocycles. The summed E-state index contributed by atoms with van der Waals surface area (Å²) in [5.74, 6) is -0.403. The number of rotatable bonds is 4. The van der Waals surface area contributed by atoms with E-state index < -0.39 is 5.97 Å². The van der Waals surface area contributed by atoms with Gasteiger partial charge in [0.15, 0.2) is 5.65 Å². The third-order valence-corrected chi connectivity index (χ3v) is 5.22. The lowest BCUT2D eigenvalue weighted by Gasteiger charge is -2.09. The molecule has 0 N–H and O–H groups in total. The minimum absolute atomic E-state index is 0.403. The van der Waals surface area contributed by atoms with Crippen LogP contribution in [0.5, 0.6) is 0 Å². The first-order chi connectivity index (χ1) is 13.9. The highest BCUT2D eigenvalue weighted by Crippen LogP contribution is 2.31. The molecule has 4 aromatic rings. The lowest BCUT2D eigenvalue weighted by Crippen LogP contribution is -2.06. The number of nitrogens with zero attached hydrogens (tertiary/aromatic N) is 5. The van der Waals surface area contributed by atoms with E-state index in [-0.39, 0.29) is 0 Å². The van der Waals surface area contributed by atoms with Crippen molar-refractivity contribution in [2.75, 3.05) is 7.11 Å². The monoisotopic (exact) mass is 389 g/mol. The van der Waals surface area contributed by atoms with Crippen LogP contribution in [-0.2, 0) is 18.3 Å². The van der Waals surface area contributed by atoms with Crippen molar-refractivity contribution in [3.8, 4) is 11.3 Å². The van der Waals surface area contributed by atoms with Crippen LogP contribution >= 0.6 is 0 Å². The van der Waals surface area contributed by atoms with Crippen molar-refractivity contribution in [2.24, 2.45) is 7.05 Å². The molecule has 148 valence electrons. The van der Waals surface area contributed by atoms with Crippen LogP contribution in [0.25, 0.3) is 22.3 Å². The molecular formula is C22H23N5O2. The number of pyridine rings is 1. The Bertz CT molecular complexity index is 1220. The van der Waals surface area contributed by atoms with Gasteiger partial charge < -0.3 is 4.74 Å². The number of aryl methyl sites for hydroxylation is 3. The van der Waals surface area contributed by atoms with E-state index in [1.807, 2.05) is 67.5 Å². The van der Waals surface area contributed by atoms with Crippen molar-refractivity contribution in [3.63, 3.8) is 0 Å². The van der Waals surface area contributed by atoms with Gasteiger partial charge in [0.1, 0.15) is 0 Å². The van der Waals surface area contributed by atoms with Crippen LogP contribution in [-0.4, -0.2) is 37.6 Å². The van der Waals surface area contributed by atoms with Gasteiger partial charge in [-0.2, -0.15) is 10.2 Å². The molecule has 0 fully saturated rings. The molecule has 4 rings (SSSR count). The molecule has 0 spiro atoms. The van der Waals surface area contributed by atoms with Gasteiger partial charge in [0, 0.05) is 18.3 Å². The smallest absolute Gasteiger partial charge is 0.338 e. The standard InChI is InChI=1S/C22H23N5O2/c1-13-19(15(3)26(4)24-13)18-11-17(22(28)29-5)20-14(2)25-27(21(20)23-18)12-16-9-7-6-8-10-16/h6-11H,12H2,1-5H3. The van der Waals surface area contributed by atoms with Crippen LogP contribution in [0, 0.1) is 20.8 Å². The van der Waals surface area contributed by atoms with Gasteiger partial charge in [0.25, 0.3) is 0 Å². The second-order valence-corrected chi connectivity index (χ2v) is 7.14. The first kappa shape index (κ1) is 18.9. The Balaban J connectivity index is 1.99. The fraction of sp³-hybridized carbons (Fsp3) is 0.273. The third-order valence-electron chi connectivity index (χ3n) is 5.22. The van der Waals surface area contributed by atoms with Gasteiger partial charge >= 0.3 is 5.97 Å². The van der Waals surface area contributed by atoms with Gasteiger partial charge in [0.2, 0.25) is 0 Å². The van der Waals surface area contributed by atoms with Crippen LogP contribution < -0.4 is 0 Å². The molecule has 3 aromatic heterocycles. The molecule has 0 atom stereocenters. The third kappa shape index (κ3) is 3.18. The maximum absolute atomic E-state index is 12.6. The fourth-order valence-electron chi connectivity index (χ4n) is 3.76. The van der Waals surface area contributed by atoms with Crippen molar-refractivity contribution >= 4 is 17.0 Å². The number of ether oxygens (including phenoxy) is 1.